The molecule has 160 valence electrons. The fraction of sp³-hybridized carbons (Fsp3) is 0.333. The Morgan fingerprint density at radius 2 is 1.68 bits per heavy atom. The molecule has 0 bridgehead atoms. The number of hydrogen-bond donors (Lipinski definition) is 0. The van der Waals surface area contributed by atoms with Crippen LogP contribution in [-0.4, -0.2) is 54.4 Å². The minimum Gasteiger partial charge on any atom is -0.497 e. The summed E-state index contributed by atoms with van der Waals surface area (Å²) in [4.78, 5) is 14.2. The lowest BCUT2D eigenvalue weighted by Crippen LogP contribution is -2.52. The molecule has 0 aliphatic carbocycles. The van der Waals surface area contributed by atoms with Crippen LogP contribution in [0.4, 0.5) is 11.5 Å². The molecule has 1 aliphatic rings. The van der Waals surface area contributed by atoms with E-state index in [1.54, 1.807) is 20.5 Å². The van der Waals surface area contributed by atoms with Gasteiger partial charge in [0.2, 0.25) is 0 Å². The van der Waals surface area contributed by atoms with Crippen molar-refractivity contribution in [2.75, 3.05) is 43.7 Å². The van der Waals surface area contributed by atoms with Crippen LogP contribution in [0.3, 0.4) is 0 Å². The molecule has 1 aliphatic heterocycles. The Bertz CT molecular complexity index is 1230. The Kier molecular flexibility index (Phi) is 4.81. The number of piperazine rings is 1. The summed E-state index contributed by atoms with van der Waals surface area (Å²) in [5.74, 6) is 2.71. The predicted octanol–water partition coefficient (Wildman–Crippen LogP) is 3.85. The van der Waals surface area contributed by atoms with Gasteiger partial charge in [-0.2, -0.15) is 0 Å². The normalized spacial score (nSPS) is 16.8. The third-order valence-electron chi connectivity index (χ3n) is 6.29. The van der Waals surface area contributed by atoms with Crippen LogP contribution in [0.2, 0.25) is 0 Å². The lowest BCUT2D eigenvalue weighted by atomic mass is 10.1. The summed E-state index contributed by atoms with van der Waals surface area (Å²) < 4.78 is 12.9. The molecule has 0 spiro atoms. The van der Waals surface area contributed by atoms with Crippen LogP contribution in [0.1, 0.15) is 6.92 Å². The minimum atomic E-state index is 0.349. The van der Waals surface area contributed by atoms with E-state index in [1.807, 2.05) is 18.2 Å². The van der Waals surface area contributed by atoms with Crippen LogP contribution in [-0.2, 0) is 7.05 Å². The molecule has 1 saturated heterocycles. The summed E-state index contributed by atoms with van der Waals surface area (Å²) in [6, 6.07) is 14.8. The molecule has 1 unspecified atom stereocenters. The average molecular weight is 418 g/mol. The highest BCUT2D eigenvalue weighted by Crippen LogP contribution is 2.35. The first kappa shape index (κ1) is 19.5. The molecule has 2 aromatic carbocycles. The second kappa shape index (κ2) is 7.65. The molecule has 5 rings (SSSR count). The van der Waals surface area contributed by atoms with Gasteiger partial charge in [-0.3, -0.25) is 0 Å². The highest BCUT2D eigenvalue weighted by molar-refractivity contribution is 6.09. The van der Waals surface area contributed by atoms with Gasteiger partial charge < -0.3 is 23.8 Å². The Morgan fingerprint density at radius 1 is 0.935 bits per heavy atom. The van der Waals surface area contributed by atoms with Gasteiger partial charge >= 0.3 is 0 Å². The number of anilines is 2. The van der Waals surface area contributed by atoms with Crippen molar-refractivity contribution in [3.8, 4) is 11.5 Å². The first-order valence-corrected chi connectivity index (χ1v) is 10.5. The maximum Gasteiger partial charge on any atom is 0.156 e. The van der Waals surface area contributed by atoms with E-state index in [9.17, 15) is 0 Å². The molecular weight excluding hydrogens is 390 g/mol. The van der Waals surface area contributed by atoms with Crippen molar-refractivity contribution in [1.29, 1.82) is 0 Å². The summed E-state index contributed by atoms with van der Waals surface area (Å²) in [5.41, 5.74) is 4.38. The van der Waals surface area contributed by atoms with Gasteiger partial charge in [0, 0.05) is 43.8 Å². The van der Waals surface area contributed by atoms with Crippen LogP contribution in [0.5, 0.6) is 11.5 Å². The van der Waals surface area contributed by atoms with E-state index >= 15 is 0 Å². The second-order valence-electron chi connectivity index (χ2n) is 8.02. The zero-order valence-corrected chi connectivity index (χ0v) is 18.4. The van der Waals surface area contributed by atoms with E-state index in [1.165, 1.54) is 5.69 Å². The third kappa shape index (κ3) is 3.21. The Labute approximate surface area is 181 Å². The predicted molar refractivity (Wildman–Crippen MR) is 125 cm³/mol. The lowest BCUT2D eigenvalue weighted by Gasteiger charge is -2.42. The average Bonchev–Trinajstić information content (AvgIpc) is 3.10. The number of benzene rings is 2. The maximum atomic E-state index is 5.43. The van der Waals surface area contributed by atoms with E-state index in [0.29, 0.717) is 6.04 Å². The third-order valence-corrected chi connectivity index (χ3v) is 6.29. The molecule has 3 heterocycles. The highest BCUT2D eigenvalue weighted by Gasteiger charge is 2.27. The van der Waals surface area contributed by atoms with E-state index in [-0.39, 0.29) is 0 Å². The SMILES string of the molecule is COc1ccc(N2CCN(c3ncnc4c5cc(OC)ccc5n(C)c34)CC2C)cc1. The Balaban J connectivity index is 1.49. The zero-order valence-electron chi connectivity index (χ0n) is 18.4. The fourth-order valence-corrected chi connectivity index (χ4v) is 4.66. The van der Waals surface area contributed by atoms with Crippen molar-refractivity contribution < 1.29 is 9.47 Å². The van der Waals surface area contributed by atoms with Gasteiger partial charge in [0.15, 0.2) is 5.82 Å². The molecule has 1 fully saturated rings. The molecule has 0 radical (unpaired) electrons. The second-order valence-corrected chi connectivity index (χ2v) is 8.02. The molecule has 1 atom stereocenters. The minimum absolute atomic E-state index is 0.349. The van der Waals surface area contributed by atoms with Crippen molar-refractivity contribution in [2.45, 2.75) is 13.0 Å². The lowest BCUT2D eigenvalue weighted by molar-refractivity contribution is 0.414. The van der Waals surface area contributed by atoms with Gasteiger partial charge in [-0.15, -0.1) is 0 Å². The fourth-order valence-electron chi connectivity index (χ4n) is 4.66. The highest BCUT2D eigenvalue weighted by atomic mass is 16.5. The summed E-state index contributed by atoms with van der Waals surface area (Å²) in [6.45, 7) is 4.98. The number of aromatic nitrogens is 3. The maximum absolute atomic E-state index is 5.43. The molecule has 7 heteroatoms. The monoisotopic (exact) mass is 417 g/mol. The molecule has 0 amide bonds. The first-order chi connectivity index (χ1) is 15.1. The number of hydrogen-bond acceptors (Lipinski definition) is 6. The molecule has 31 heavy (non-hydrogen) atoms. The van der Waals surface area contributed by atoms with Crippen molar-refractivity contribution >= 4 is 33.4 Å². The van der Waals surface area contributed by atoms with Gasteiger partial charge in [-0.25, -0.2) is 9.97 Å². The summed E-state index contributed by atoms with van der Waals surface area (Å²) in [6.07, 6.45) is 1.68. The molecular formula is C24H27N5O2. The van der Waals surface area contributed by atoms with E-state index in [2.05, 4.69) is 57.6 Å². The van der Waals surface area contributed by atoms with Crippen LogP contribution in [0, 0.1) is 0 Å². The zero-order chi connectivity index (χ0) is 21.5. The molecule has 4 aromatic rings. The van der Waals surface area contributed by atoms with Crippen molar-refractivity contribution in [3.63, 3.8) is 0 Å². The number of fused-ring (bicyclic) bond motifs is 3. The van der Waals surface area contributed by atoms with E-state index < -0.39 is 0 Å². The Morgan fingerprint density at radius 3 is 2.39 bits per heavy atom. The first-order valence-electron chi connectivity index (χ1n) is 10.5. The number of nitrogens with zero attached hydrogens (tertiary/aromatic N) is 5. The van der Waals surface area contributed by atoms with Crippen LogP contribution in [0.25, 0.3) is 21.9 Å². The largest absolute Gasteiger partial charge is 0.497 e. The summed E-state index contributed by atoms with van der Waals surface area (Å²) in [5, 5.41) is 1.09. The number of ether oxygens (including phenoxy) is 2. The Hall–Kier alpha value is -3.48. The smallest absolute Gasteiger partial charge is 0.156 e. The van der Waals surface area contributed by atoms with Gasteiger partial charge in [0.1, 0.15) is 28.9 Å². The number of rotatable bonds is 4. The van der Waals surface area contributed by atoms with Gasteiger partial charge in [-0.1, -0.05) is 0 Å². The molecule has 0 saturated carbocycles. The van der Waals surface area contributed by atoms with Gasteiger partial charge in [0.25, 0.3) is 0 Å². The molecule has 7 nitrogen and oxygen atoms in total. The van der Waals surface area contributed by atoms with Crippen LogP contribution < -0.4 is 19.3 Å². The van der Waals surface area contributed by atoms with Gasteiger partial charge in [0.05, 0.1) is 19.7 Å². The van der Waals surface area contributed by atoms with Crippen molar-refractivity contribution in [2.24, 2.45) is 7.05 Å². The molecule has 2 aromatic heterocycles. The quantitative estimate of drug-likeness (QED) is 0.503. The van der Waals surface area contributed by atoms with Crippen molar-refractivity contribution in [3.05, 3.63) is 48.8 Å². The molecule has 0 N–H and O–H groups in total. The van der Waals surface area contributed by atoms with E-state index in [4.69, 9.17) is 14.5 Å². The van der Waals surface area contributed by atoms with E-state index in [0.717, 1.165) is 58.9 Å². The number of methoxy groups -OCH3 is 2. The topological polar surface area (TPSA) is 55.6 Å². The van der Waals surface area contributed by atoms with Crippen molar-refractivity contribution in [1.82, 2.24) is 14.5 Å². The van der Waals surface area contributed by atoms with Gasteiger partial charge in [-0.05, 0) is 49.4 Å². The van der Waals surface area contributed by atoms with Crippen LogP contribution in [0.15, 0.2) is 48.8 Å². The standard InChI is InChI=1S/C24H27N5O2/c1-16-14-28(11-12-29(16)17-5-7-18(30-3)8-6-17)24-23-22(25-15-26-24)20-13-19(31-4)9-10-21(20)27(23)2/h5-10,13,15-16H,11-12,14H2,1-4H3. The summed E-state index contributed by atoms with van der Waals surface area (Å²) in [7, 11) is 5.47. The number of aryl methyl sites for hydroxylation is 1. The summed E-state index contributed by atoms with van der Waals surface area (Å²) >= 11 is 0. The van der Waals surface area contributed by atoms with Crippen LogP contribution >= 0.6 is 0 Å².